The van der Waals surface area contributed by atoms with E-state index in [1.165, 1.54) is 0 Å². The first-order valence-electron chi connectivity index (χ1n) is 9.06. The predicted octanol–water partition coefficient (Wildman–Crippen LogP) is 3.87. The molecule has 0 unspecified atom stereocenters. The van der Waals surface area contributed by atoms with Gasteiger partial charge >= 0.3 is 0 Å². The number of benzene rings is 1. The Morgan fingerprint density at radius 1 is 1.26 bits per heavy atom. The summed E-state index contributed by atoms with van der Waals surface area (Å²) in [5.41, 5.74) is 2.81. The number of nitrogens with zero attached hydrogens (tertiary/aromatic N) is 5. The molecule has 1 fully saturated rings. The lowest BCUT2D eigenvalue weighted by atomic mass is 10.1. The molecule has 0 aliphatic carbocycles. The molecule has 7 heteroatoms. The first-order valence-corrected chi connectivity index (χ1v) is 9.06. The van der Waals surface area contributed by atoms with Crippen LogP contribution in [-0.2, 0) is 4.84 Å². The second-order valence-electron chi connectivity index (χ2n) is 6.45. The molecule has 3 rings (SSSR count). The van der Waals surface area contributed by atoms with E-state index in [0.29, 0.717) is 42.1 Å². The van der Waals surface area contributed by atoms with Crippen molar-refractivity contribution in [3.8, 4) is 17.2 Å². The van der Waals surface area contributed by atoms with Crippen LogP contribution in [0, 0.1) is 24.1 Å². The number of halogens is 1. The Morgan fingerprint density at radius 3 is 2.70 bits per heavy atom. The van der Waals surface area contributed by atoms with Gasteiger partial charge in [0.05, 0.1) is 11.8 Å². The Labute approximate surface area is 158 Å². The molecule has 0 radical (unpaired) electrons. The summed E-state index contributed by atoms with van der Waals surface area (Å²) in [5, 5.41) is 12.6. The summed E-state index contributed by atoms with van der Waals surface area (Å²) in [5.74, 6) is 0.406. The third-order valence-electron chi connectivity index (χ3n) is 4.48. The minimum Gasteiger partial charge on any atom is -0.396 e. The van der Waals surface area contributed by atoms with E-state index in [9.17, 15) is 4.39 Å². The molecule has 0 atom stereocenters. The fourth-order valence-electron chi connectivity index (χ4n) is 2.90. The highest BCUT2D eigenvalue weighted by Gasteiger charge is 2.18. The molecule has 0 amide bonds. The molecule has 140 valence electrons. The van der Waals surface area contributed by atoms with Crippen LogP contribution in [0.25, 0.3) is 11.1 Å². The molecule has 1 aromatic carbocycles. The number of nitriles is 1. The number of hydrogen-bond acceptors (Lipinski definition) is 6. The van der Waals surface area contributed by atoms with Crippen molar-refractivity contribution in [2.45, 2.75) is 32.6 Å². The summed E-state index contributed by atoms with van der Waals surface area (Å²) in [7, 11) is 0. The number of aryl methyl sites for hydroxylation is 1. The first kappa shape index (κ1) is 18.8. The van der Waals surface area contributed by atoms with Gasteiger partial charge in [-0.3, -0.25) is 0 Å². The van der Waals surface area contributed by atoms with Crippen LogP contribution >= 0.6 is 0 Å². The molecular weight excluding hydrogens is 345 g/mol. The normalized spacial score (nSPS) is 14.0. The monoisotopic (exact) mass is 367 g/mol. The Balaban J connectivity index is 1.57. The lowest BCUT2D eigenvalue weighted by Gasteiger charge is -2.27. The van der Waals surface area contributed by atoms with Crippen molar-refractivity contribution in [1.82, 2.24) is 9.97 Å². The predicted molar refractivity (Wildman–Crippen MR) is 102 cm³/mol. The zero-order valence-corrected chi connectivity index (χ0v) is 15.4. The number of anilines is 1. The zero-order chi connectivity index (χ0) is 19.1. The van der Waals surface area contributed by atoms with Gasteiger partial charge < -0.3 is 9.74 Å². The van der Waals surface area contributed by atoms with E-state index < -0.39 is 0 Å². The summed E-state index contributed by atoms with van der Waals surface area (Å²) in [6, 6.07) is 7.39. The van der Waals surface area contributed by atoms with Crippen LogP contribution < -0.4 is 4.90 Å². The van der Waals surface area contributed by atoms with Crippen LogP contribution in [-0.4, -0.2) is 35.4 Å². The Hall–Kier alpha value is -3.01. The highest BCUT2D eigenvalue weighted by Crippen LogP contribution is 2.24. The van der Waals surface area contributed by atoms with E-state index in [-0.39, 0.29) is 5.82 Å². The SMILES string of the molecule is Cc1cccc(-c2cnc(N3CCC(=NOCCCC#N)CC3)nc2)c1F. The van der Waals surface area contributed by atoms with Crippen molar-refractivity contribution in [3.05, 3.63) is 42.0 Å². The third kappa shape index (κ3) is 4.79. The van der Waals surface area contributed by atoms with Crippen LogP contribution in [0.4, 0.5) is 10.3 Å². The maximum atomic E-state index is 14.2. The lowest BCUT2D eigenvalue weighted by molar-refractivity contribution is 0.141. The number of piperidine rings is 1. The summed E-state index contributed by atoms with van der Waals surface area (Å²) in [6.07, 6.45) is 6.09. The second-order valence-corrected chi connectivity index (χ2v) is 6.45. The Bertz CT molecular complexity index is 834. The fourth-order valence-corrected chi connectivity index (χ4v) is 2.90. The molecule has 2 heterocycles. The van der Waals surface area contributed by atoms with Crippen molar-refractivity contribution in [3.63, 3.8) is 0 Å². The van der Waals surface area contributed by atoms with E-state index in [0.717, 1.165) is 31.6 Å². The molecule has 0 saturated carbocycles. The average Bonchev–Trinajstić information content (AvgIpc) is 2.71. The second kappa shape index (κ2) is 9.08. The van der Waals surface area contributed by atoms with Crippen LogP contribution in [0.5, 0.6) is 0 Å². The molecule has 1 saturated heterocycles. The molecule has 0 bridgehead atoms. The fraction of sp³-hybridized carbons (Fsp3) is 0.400. The van der Waals surface area contributed by atoms with Crippen molar-refractivity contribution < 1.29 is 9.23 Å². The van der Waals surface area contributed by atoms with Gasteiger partial charge in [0.15, 0.2) is 0 Å². The molecule has 0 spiro atoms. The zero-order valence-electron chi connectivity index (χ0n) is 15.4. The highest BCUT2D eigenvalue weighted by atomic mass is 19.1. The Kier molecular flexibility index (Phi) is 6.31. The lowest BCUT2D eigenvalue weighted by Crippen LogP contribution is -2.35. The van der Waals surface area contributed by atoms with Crippen LogP contribution in [0.1, 0.15) is 31.2 Å². The van der Waals surface area contributed by atoms with E-state index in [1.54, 1.807) is 31.5 Å². The number of hydrogen-bond donors (Lipinski definition) is 0. The molecule has 1 aromatic heterocycles. The first-order chi connectivity index (χ1) is 13.2. The molecular formula is C20H22FN5O. The average molecular weight is 367 g/mol. The van der Waals surface area contributed by atoms with Gasteiger partial charge in [-0.1, -0.05) is 23.4 Å². The van der Waals surface area contributed by atoms with E-state index in [4.69, 9.17) is 10.1 Å². The van der Waals surface area contributed by atoms with E-state index in [2.05, 4.69) is 26.1 Å². The highest BCUT2D eigenvalue weighted by molar-refractivity contribution is 5.86. The van der Waals surface area contributed by atoms with Gasteiger partial charge in [-0.25, -0.2) is 14.4 Å². The molecule has 1 aliphatic rings. The van der Waals surface area contributed by atoms with Crippen LogP contribution in [0.3, 0.4) is 0 Å². The summed E-state index contributed by atoms with van der Waals surface area (Å²) in [4.78, 5) is 16.2. The van der Waals surface area contributed by atoms with E-state index >= 15 is 0 Å². The standard InChI is InChI=1S/C20H22FN5O/c1-15-5-4-6-18(19(15)21)16-13-23-20(24-14-16)26-10-7-17(8-11-26)25-27-12-3-2-9-22/h4-6,13-14H,2-3,7-8,10-12H2,1H3. The van der Waals surface area contributed by atoms with Gasteiger partial charge in [0.25, 0.3) is 0 Å². The smallest absolute Gasteiger partial charge is 0.225 e. The van der Waals surface area contributed by atoms with E-state index in [1.807, 2.05) is 6.07 Å². The van der Waals surface area contributed by atoms with Gasteiger partial charge in [-0.15, -0.1) is 0 Å². The third-order valence-corrected chi connectivity index (χ3v) is 4.48. The molecule has 0 N–H and O–H groups in total. The largest absolute Gasteiger partial charge is 0.396 e. The molecule has 2 aromatic rings. The van der Waals surface area contributed by atoms with Gasteiger partial charge in [-0.2, -0.15) is 5.26 Å². The maximum Gasteiger partial charge on any atom is 0.225 e. The van der Waals surface area contributed by atoms with Crippen molar-refractivity contribution in [2.24, 2.45) is 5.16 Å². The van der Waals surface area contributed by atoms with Gasteiger partial charge in [0.2, 0.25) is 5.95 Å². The minimum absolute atomic E-state index is 0.234. The topological polar surface area (TPSA) is 74.4 Å². The van der Waals surface area contributed by atoms with Crippen LogP contribution in [0.15, 0.2) is 35.7 Å². The quantitative estimate of drug-likeness (QED) is 0.572. The number of rotatable bonds is 6. The minimum atomic E-state index is -0.234. The van der Waals surface area contributed by atoms with Gasteiger partial charge in [-0.05, 0) is 18.9 Å². The molecule has 1 aliphatic heterocycles. The number of unbranched alkanes of at least 4 members (excludes halogenated alkanes) is 1. The maximum absolute atomic E-state index is 14.2. The van der Waals surface area contributed by atoms with Crippen LogP contribution in [0.2, 0.25) is 0 Å². The van der Waals surface area contributed by atoms with Gasteiger partial charge in [0, 0.05) is 55.9 Å². The molecule has 6 nitrogen and oxygen atoms in total. The summed E-state index contributed by atoms with van der Waals surface area (Å²) < 4.78 is 14.2. The summed E-state index contributed by atoms with van der Waals surface area (Å²) in [6.45, 7) is 3.74. The Morgan fingerprint density at radius 2 is 2.00 bits per heavy atom. The molecule has 27 heavy (non-hydrogen) atoms. The van der Waals surface area contributed by atoms with Gasteiger partial charge in [0.1, 0.15) is 12.4 Å². The van der Waals surface area contributed by atoms with Crippen molar-refractivity contribution in [1.29, 1.82) is 5.26 Å². The van der Waals surface area contributed by atoms with Crippen molar-refractivity contribution >= 4 is 11.7 Å². The van der Waals surface area contributed by atoms with Crippen molar-refractivity contribution in [2.75, 3.05) is 24.6 Å². The number of aromatic nitrogens is 2. The summed E-state index contributed by atoms with van der Waals surface area (Å²) >= 11 is 0. The number of oxime groups is 1.